The number of carbonyl (C=O) groups excluding carboxylic acids is 2. The summed E-state index contributed by atoms with van der Waals surface area (Å²) in [5.74, 6) is -1.70. The number of nitrogens with one attached hydrogen (secondary N) is 2. The number of amides is 2. The molecule has 0 radical (unpaired) electrons. The Balaban J connectivity index is 1.85. The third-order valence-corrected chi connectivity index (χ3v) is 4.65. The van der Waals surface area contributed by atoms with Crippen LogP contribution in [0.4, 0.5) is 5.69 Å². The van der Waals surface area contributed by atoms with E-state index in [9.17, 15) is 19.5 Å². The molecule has 1 aromatic carbocycles. The molecule has 6 nitrogen and oxygen atoms in total. The first-order valence-corrected chi connectivity index (χ1v) is 9.06. The topological polar surface area (TPSA) is 95.5 Å². The molecule has 1 aliphatic heterocycles. The molecule has 1 aliphatic rings. The molecule has 26 heavy (non-hydrogen) atoms. The van der Waals surface area contributed by atoms with Gasteiger partial charge in [-0.05, 0) is 42.7 Å². The lowest BCUT2D eigenvalue weighted by Crippen LogP contribution is -2.41. The lowest BCUT2D eigenvalue weighted by molar-refractivity contribution is -0.142. The average Bonchev–Trinajstić information content (AvgIpc) is 2.55. The van der Waals surface area contributed by atoms with Crippen LogP contribution in [0.3, 0.4) is 0 Å². The Labute approximate surface area is 154 Å². The van der Waals surface area contributed by atoms with E-state index in [2.05, 4.69) is 10.6 Å². The van der Waals surface area contributed by atoms with Crippen LogP contribution in [0.15, 0.2) is 24.3 Å². The first-order valence-electron chi connectivity index (χ1n) is 9.06. The molecule has 0 saturated heterocycles. The number of benzene rings is 1. The molecule has 3 N–H and O–H groups in total. The summed E-state index contributed by atoms with van der Waals surface area (Å²) in [6.07, 6.45) is 2.23. The van der Waals surface area contributed by atoms with Crippen LogP contribution in [0.25, 0.3) is 0 Å². The van der Waals surface area contributed by atoms with Gasteiger partial charge in [0.15, 0.2) is 0 Å². The van der Waals surface area contributed by atoms with Gasteiger partial charge in [0.2, 0.25) is 11.8 Å². The van der Waals surface area contributed by atoms with E-state index < -0.39 is 12.0 Å². The highest BCUT2D eigenvalue weighted by atomic mass is 16.4. The van der Waals surface area contributed by atoms with Crippen LogP contribution in [0, 0.1) is 11.3 Å². The smallest absolute Gasteiger partial charge is 0.326 e. The van der Waals surface area contributed by atoms with E-state index in [1.807, 2.05) is 45.0 Å². The van der Waals surface area contributed by atoms with Crippen molar-refractivity contribution in [1.82, 2.24) is 5.32 Å². The molecule has 6 heteroatoms. The molecule has 0 fully saturated rings. The van der Waals surface area contributed by atoms with E-state index in [1.165, 1.54) is 0 Å². The van der Waals surface area contributed by atoms with Crippen molar-refractivity contribution < 1.29 is 19.5 Å². The number of anilines is 1. The monoisotopic (exact) mass is 360 g/mol. The normalized spacial score (nSPS) is 17.8. The number of aliphatic carboxylic acids is 1. The van der Waals surface area contributed by atoms with Crippen LogP contribution in [0.2, 0.25) is 0 Å². The number of carbonyl (C=O) groups is 3. The van der Waals surface area contributed by atoms with Crippen molar-refractivity contribution in [1.29, 1.82) is 0 Å². The van der Waals surface area contributed by atoms with Crippen molar-refractivity contribution in [3.05, 3.63) is 29.8 Å². The lowest BCUT2D eigenvalue weighted by Gasteiger charge is -2.25. The van der Waals surface area contributed by atoms with E-state index in [0.29, 0.717) is 25.7 Å². The van der Waals surface area contributed by atoms with Crippen LogP contribution in [0.1, 0.15) is 52.0 Å². The summed E-state index contributed by atoms with van der Waals surface area (Å²) in [6, 6.07) is 6.74. The fourth-order valence-electron chi connectivity index (χ4n) is 3.05. The van der Waals surface area contributed by atoms with Crippen molar-refractivity contribution in [2.75, 3.05) is 5.32 Å². The van der Waals surface area contributed by atoms with E-state index >= 15 is 0 Å². The molecule has 0 aliphatic carbocycles. The molecule has 2 amide bonds. The molecule has 1 aromatic rings. The second kappa shape index (κ2) is 8.34. The van der Waals surface area contributed by atoms with Crippen molar-refractivity contribution >= 4 is 23.5 Å². The van der Waals surface area contributed by atoms with Gasteiger partial charge >= 0.3 is 5.97 Å². The Hall–Kier alpha value is -2.37. The van der Waals surface area contributed by atoms with Gasteiger partial charge in [0.05, 0.1) is 0 Å². The molecular formula is C20H28N2O4. The molecule has 2 unspecified atom stereocenters. The molecule has 0 spiro atoms. The number of carboxylic acids is 1. The summed E-state index contributed by atoms with van der Waals surface area (Å²) >= 11 is 0. The van der Waals surface area contributed by atoms with E-state index in [4.69, 9.17) is 0 Å². The van der Waals surface area contributed by atoms with Crippen LogP contribution in [-0.2, 0) is 20.8 Å². The SMILES string of the molecule is CC(C)(C)CCC(NC(=O)CCC1Cc2ccccc2NC1=O)C(=O)O. The van der Waals surface area contributed by atoms with Gasteiger partial charge in [0.25, 0.3) is 0 Å². The predicted octanol–water partition coefficient (Wildman–Crippen LogP) is 2.97. The maximum absolute atomic E-state index is 12.2. The van der Waals surface area contributed by atoms with Gasteiger partial charge in [-0.25, -0.2) is 4.79 Å². The zero-order valence-electron chi connectivity index (χ0n) is 15.7. The summed E-state index contributed by atoms with van der Waals surface area (Å²) in [5, 5.41) is 14.8. The molecular weight excluding hydrogens is 332 g/mol. The van der Waals surface area contributed by atoms with Crippen LogP contribution >= 0.6 is 0 Å². The molecule has 2 rings (SSSR count). The minimum absolute atomic E-state index is 0.00596. The van der Waals surface area contributed by atoms with E-state index in [1.54, 1.807) is 0 Å². The lowest BCUT2D eigenvalue weighted by atomic mass is 9.88. The standard InChI is InChI=1S/C20H28N2O4/c1-20(2,3)11-10-16(19(25)26)21-17(23)9-8-14-12-13-6-4-5-7-15(13)22-18(14)24/h4-7,14,16H,8-12H2,1-3H3,(H,21,23)(H,22,24)(H,25,26). The Kier molecular flexibility index (Phi) is 6.40. The van der Waals surface area contributed by atoms with Crippen molar-refractivity contribution in [2.24, 2.45) is 11.3 Å². The summed E-state index contributed by atoms with van der Waals surface area (Å²) < 4.78 is 0. The van der Waals surface area contributed by atoms with E-state index in [0.717, 1.165) is 11.3 Å². The number of carboxylic acid groups (broad SMARTS) is 1. The first kappa shape index (κ1) is 19.9. The van der Waals surface area contributed by atoms with Gasteiger partial charge in [-0.15, -0.1) is 0 Å². The Morgan fingerprint density at radius 1 is 1.31 bits per heavy atom. The molecule has 0 saturated carbocycles. The van der Waals surface area contributed by atoms with E-state index in [-0.39, 0.29) is 29.6 Å². The second-order valence-corrected chi connectivity index (χ2v) is 8.14. The van der Waals surface area contributed by atoms with Crippen LogP contribution in [0.5, 0.6) is 0 Å². The van der Waals surface area contributed by atoms with Gasteiger partial charge < -0.3 is 15.7 Å². The minimum Gasteiger partial charge on any atom is -0.480 e. The number of para-hydroxylation sites is 1. The van der Waals surface area contributed by atoms with Gasteiger partial charge in [0, 0.05) is 18.0 Å². The largest absolute Gasteiger partial charge is 0.480 e. The highest BCUT2D eigenvalue weighted by Gasteiger charge is 2.27. The van der Waals surface area contributed by atoms with Crippen molar-refractivity contribution in [3.63, 3.8) is 0 Å². The molecule has 142 valence electrons. The molecule has 1 heterocycles. The fourth-order valence-corrected chi connectivity index (χ4v) is 3.05. The number of hydrogen-bond acceptors (Lipinski definition) is 3. The van der Waals surface area contributed by atoms with Crippen LogP contribution < -0.4 is 10.6 Å². The Morgan fingerprint density at radius 2 is 2.00 bits per heavy atom. The summed E-state index contributed by atoms with van der Waals surface area (Å²) in [7, 11) is 0. The third-order valence-electron chi connectivity index (χ3n) is 4.65. The van der Waals surface area contributed by atoms with Gasteiger partial charge in [-0.3, -0.25) is 9.59 Å². The molecule has 2 atom stereocenters. The predicted molar refractivity (Wildman–Crippen MR) is 99.8 cm³/mol. The minimum atomic E-state index is -1.02. The molecule has 0 aromatic heterocycles. The number of rotatable bonds is 7. The van der Waals surface area contributed by atoms with Crippen molar-refractivity contribution in [2.45, 2.75) is 58.9 Å². The maximum Gasteiger partial charge on any atom is 0.326 e. The maximum atomic E-state index is 12.2. The summed E-state index contributed by atoms with van der Waals surface area (Å²) in [4.78, 5) is 35.7. The highest BCUT2D eigenvalue weighted by Crippen LogP contribution is 2.27. The Bertz CT molecular complexity index is 679. The third kappa shape index (κ3) is 5.86. The quantitative estimate of drug-likeness (QED) is 0.696. The zero-order valence-corrected chi connectivity index (χ0v) is 15.7. The first-order chi connectivity index (χ1) is 12.2. The average molecular weight is 360 g/mol. The van der Waals surface area contributed by atoms with Crippen LogP contribution in [-0.4, -0.2) is 28.9 Å². The summed E-state index contributed by atoms with van der Waals surface area (Å²) in [6.45, 7) is 6.10. The fraction of sp³-hybridized carbons (Fsp3) is 0.550. The highest BCUT2D eigenvalue weighted by molar-refractivity contribution is 5.96. The van der Waals surface area contributed by atoms with Gasteiger partial charge in [0.1, 0.15) is 6.04 Å². The molecule has 0 bridgehead atoms. The van der Waals surface area contributed by atoms with Gasteiger partial charge in [-0.2, -0.15) is 0 Å². The zero-order chi connectivity index (χ0) is 19.3. The van der Waals surface area contributed by atoms with Crippen molar-refractivity contribution in [3.8, 4) is 0 Å². The summed E-state index contributed by atoms with van der Waals surface area (Å²) in [5.41, 5.74) is 1.89. The number of hydrogen-bond donors (Lipinski definition) is 3. The number of fused-ring (bicyclic) bond motifs is 1. The van der Waals surface area contributed by atoms with Gasteiger partial charge in [-0.1, -0.05) is 39.0 Å². The Morgan fingerprint density at radius 3 is 2.65 bits per heavy atom. The second-order valence-electron chi connectivity index (χ2n) is 8.14.